The van der Waals surface area contributed by atoms with Crippen molar-refractivity contribution in [2.24, 2.45) is 0 Å². The fraction of sp³-hybridized carbons (Fsp3) is 1.00. The van der Waals surface area contributed by atoms with Gasteiger partial charge in [0, 0.05) is 0 Å². The van der Waals surface area contributed by atoms with Crippen LogP contribution in [0.1, 0.15) is 85.0 Å². The highest BCUT2D eigenvalue weighted by atomic mass is 32.2. The number of hydrogen-bond acceptors (Lipinski definition) is 0. The molecule has 17 heavy (non-hydrogen) atoms. The third kappa shape index (κ3) is 12.6. The van der Waals surface area contributed by atoms with E-state index in [9.17, 15) is 0 Å². The lowest BCUT2D eigenvalue weighted by molar-refractivity contribution is 0.696. The molecule has 0 aromatic rings. The Morgan fingerprint density at radius 3 is 1.29 bits per heavy atom. The Kier molecular flexibility index (Phi) is 14.7. The predicted octanol–water partition coefficient (Wildman–Crippen LogP) is 5.57. The van der Waals surface area contributed by atoms with E-state index < -0.39 is 0 Å². The molecule has 0 nitrogen and oxygen atoms in total. The lowest BCUT2D eigenvalue weighted by Gasteiger charge is -2.08. The summed E-state index contributed by atoms with van der Waals surface area (Å²) in [6, 6.07) is 0. The summed E-state index contributed by atoms with van der Waals surface area (Å²) >= 11 is 0. The topological polar surface area (TPSA) is 0 Å². The molecule has 0 aromatic carbocycles. The molecule has 0 heterocycles. The van der Waals surface area contributed by atoms with E-state index in [1.807, 2.05) is 0 Å². The first kappa shape index (κ1) is 17.4. The molecule has 0 aliphatic carbocycles. The number of unbranched alkanes of at least 4 members (excludes halogenated alkanes) is 7. The zero-order valence-electron chi connectivity index (χ0n) is 12.6. The molecule has 0 rings (SSSR count). The maximum absolute atomic E-state index is 2.33. The van der Waals surface area contributed by atoms with Crippen molar-refractivity contribution in [3.05, 3.63) is 0 Å². The summed E-state index contributed by atoms with van der Waals surface area (Å²) in [5.41, 5.74) is 0. The van der Waals surface area contributed by atoms with Crippen molar-refractivity contribution in [3.8, 4) is 0 Å². The van der Waals surface area contributed by atoms with Crippen LogP contribution in [0.2, 0.25) is 0 Å². The van der Waals surface area contributed by atoms with Gasteiger partial charge in [-0.3, -0.25) is 0 Å². The van der Waals surface area contributed by atoms with Crippen LogP contribution >= 0.6 is 0 Å². The molecule has 0 spiro atoms. The summed E-state index contributed by atoms with van der Waals surface area (Å²) in [5, 5.41) is 0. The molecule has 1 heteroatoms. The Bertz CT molecular complexity index is 121. The van der Waals surface area contributed by atoms with Crippen LogP contribution < -0.4 is 0 Å². The molecule has 0 aliphatic heterocycles. The zero-order valence-corrected chi connectivity index (χ0v) is 13.4. The molecule has 0 N–H and O–H groups in total. The molecule has 0 amide bonds. The SMILES string of the molecule is CCCCCC[S+](CCCC)CCCCCC. The molecule has 0 saturated carbocycles. The maximum Gasteiger partial charge on any atom is 0.108 e. The van der Waals surface area contributed by atoms with Gasteiger partial charge in [-0.25, -0.2) is 0 Å². The Hall–Kier alpha value is 0.350. The van der Waals surface area contributed by atoms with E-state index in [0.29, 0.717) is 0 Å². The molecular weight excluding hydrogens is 224 g/mol. The number of hydrogen-bond donors (Lipinski definition) is 0. The predicted molar refractivity (Wildman–Crippen MR) is 85.2 cm³/mol. The second kappa shape index (κ2) is 14.4. The summed E-state index contributed by atoms with van der Waals surface area (Å²) in [6.07, 6.45) is 14.4. The molecule has 104 valence electrons. The molecular formula is C16H35S+. The second-order valence-corrected chi connectivity index (χ2v) is 7.65. The van der Waals surface area contributed by atoms with Gasteiger partial charge in [0.1, 0.15) is 17.3 Å². The van der Waals surface area contributed by atoms with Crippen LogP contribution in [0, 0.1) is 0 Å². The number of rotatable bonds is 13. The first-order chi connectivity index (χ1) is 8.35. The Balaban J connectivity index is 3.56. The molecule has 0 saturated heterocycles. The molecule has 0 bridgehead atoms. The largest absolute Gasteiger partial charge is 0.108 e. The molecule has 0 aliphatic rings. The summed E-state index contributed by atoms with van der Waals surface area (Å²) in [6.45, 7) is 6.94. The van der Waals surface area contributed by atoms with Gasteiger partial charge >= 0.3 is 0 Å². The van der Waals surface area contributed by atoms with Gasteiger partial charge in [0.15, 0.2) is 0 Å². The van der Waals surface area contributed by atoms with Gasteiger partial charge in [0.05, 0.1) is 0 Å². The molecule has 0 unspecified atom stereocenters. The zero-order chi connectivity index (χ0) is 12.8. The lowest BCUT2D eigenvalue weighted by atomic mass is 10.2. The van der Waals surface area contributed by atoms with E-state index in [0.717, 1.165) is 10.9 Å². The highest BCUT2D eigenvalue weighted by Crippen LogP contribution is 2.11. The first-order valence-corrected chi connectivity index (χ1v) is 9.72. The van der Waals surface area contributed by atoms with Gasteiger partial charge in [0.25, 0.3) is 0 Å². The van der Waals surface area contributed by atoms with Crippen LogP contribution in [0.25, 0.3) is 0 Å². The van der Waals surface area contributed by atoms with Gasteiger partial charge < -0.3 is 0 Å². The van der Waals surface area contributed by atoms with Gasteiger partial charge in [-0.15, -0.1) is 0 Å². The van der Waals surface area contributed by atoms with E-state index >= 15 is 0 Å². The first-order valence-electron chi connectivity index (χ1n) is 7.99. The van der Waals surface area contributed by atoms with Crippen LogP contribution in [0.5, 0.6) is 0 Å². The van der Waals surface area contributed by atoms with E-state index in [2.05, 4.69) is 20.8 Å². The van der Waals surface area contributed by atoms with Crippen molar-refractivity contribution in [1.82, 2.24) is 0 Å². The summed E-state index contributed by atoms with van der Waals surface area (Å²) in [4.78, 5) is 0. The van der Waals surface area contributed by atoms with Gasteiger partial charge in [-0.05, 0) is 43.0 Å². The lowest BCUT2D eigenvalue weighted by Crippen LogP contribution is -2.16. The minimum Gasteiger partial charge on any atom is -0.0654 e. The minimum absolute atomic E-state index is 0.769. The molecule has 0 atom stereocenters. The second-order valence-electron chi connectivity index (χ2n) is 5.20. The highest BCUT2D eigenvalue weighted by Gasteiger charge is 2.15. The third-order valence-electron chi connectivity index (χ3n) is 3.36. The standard InChI is InChI=1S/C16H35S/c1-4-7-10-12-15-17(14-9-6-3)16-13-11-8-5-2/h4-16H2,1-3H3/q+1. The normalized spacial score (nSPS) is 11.3. The van der Waals surface area contributed by atoms with Crippen molar-refractivity contribution < 1.29 is 0 Å². The van der Waals surface area contributed by atoms with E-state index in [-0.39, 0.29) is 0 Å². The summed E-state index contributed by atoms with van der Waals surface area (Å²) in [7, 11) is 0.769. The van der Waals surface area contributed by atoms with E-state index in [1.54, 1.807) is 0 Å². The molecule has 0 radical (unpaired) electrons. The van der Waals surface area contributed by atoms with Crippen molar-refractivity contribution in [2.75, 3.05) is 17.3 Å². The quantitative estimate of drug-likeness (QED) is 0.300. The van der Waals surface area contributed by atoms with Gasteiger partial charge in [-0.2, -0.15) is 0 Å². The van der Waals surface area contributed by atoms with Crippen molar-refractivity contribution in [2.45, 2.75) is 85.0 Å². The van der Waals surface area contributed by atoms with Gasteiger partial charge in [-0.1, -0.05) is 52.9 Å². The smallest absolute Gasteiger partial charge is 0.0654 e. The average molecular weight is 260 g/mol. The van der Waals surface area contributed by atoms with Crippen LogP contribution in [0.15, 0.2) is 0 Å². The van der Waals surface area contributed by atoms with Crippen molar-refractivity contribution in [1.29, 1.82) is 0 Å². The average Bonchev–Trinajstić information content (AvgIpc) is 2.35. The monoisotopic (exact) mass is 259 g/mol. The third-order valence-corrected chi connectivity index (χ3v) is 5.96. The fourth-order valence-corrected chi connectivity index (χ4v) is 4.65. The van der Waals surface area contributed by atoms with E-state index in [4.69, 9.17) is 0 Å². The fourth-order valence-electron chi connectivity index (χ4n) is 2.12. The van der Waals surface area contributed by atoms with E-state index in [1.165, 1.54) is 81.5 Å². The van der Waals surface area contributed by atoms with Crippen LogP contribution in [0.3, 0.4) is 0 Å². The molecule has 0 fully saturated rings. The van der Waals surface area contributed by atoms with Crippen molar-refractivity contribution >= 4 is 10.9 Å². The van der Waals surface area contributed by atoms with Crippen LogP contribution in [0.4, 0.5) is 0 Å². The maximum atomic E-state index is 2.33. The summed E-state index contributed by atoms with van der Waals surface area (Å²) in [5.74, 6) is 4.59. The van der Waals surface area contributed by atoms with Crippen molar-refractivity contribution in [3.63, 3.8) is 0 Å². The summed E-state index contributed by atoms with van der Waals surface area (Å²) < 4.78 is 0. The molecule has 0 aromatic heterocycles. The Morgan fingerprint density at radius 1 is 0.471 bits per heavy atom. The Morgan fingerprint density at radius 2 is 0.882 bits per heavy atom. The van der Waals surface area contributed by atoms with Crippen LogP contribution in [-0.4, -0.2) is 17.3 Å². The highest BCUT2D eigenvalue weighted by molar-refractivity contribution is 7.96. The Labute approximate surface area is 113 Å². The van der Waals surface area contributed by atoms with Crippen LogP contribution in [-0.2, 0) is 10.9 Å². The minimum atomic E-state index is 0.769. The van der Waals surface area contributed by atoms with Gasteiger partial charge in [0.2, 0.25) is 0 Å².